The quantitative estimate of drug-likeness (QED) is 0.843. The Morgan fingerprint density at radius 3 is 2.30 bits per heavy atom. The van der Waals surface area contributed by atoms with Crippen LogP contribution in [0.4, 0.5) is 13.2 Å². The number of rotatable bonds is 3. The molecule has 1 heterocycles. The van der Waals surface area contributed by atoms with Gasteiger partial charge >= 0.3 is 6.18 Å². The molecule has 2 aromatic rings. The van der Waals surface area contributed by atoms with Crippen molar-refractivity contribution in [2.45, 2.75) is 25.6 Å². The molecule has 1 N–H and O–H groups in total. The molecule has 1 aromatic heterocycles. The number of thiophene rings is 1. The van der Waals surface area contributed by atoms with Crippen molar-refractivity contribution < 1.29 is 18.3 Å². The topological polar surface area (TPSA) is 20.2 Å². The van der Waals surface area contributed by atoms with Crippen molar-refractivity contribution in [1.29, 1.82) is 0 Å². The summed E-state index contributed by atoms with van der Waals surface area (Å²) in [6, 6.07) is 6.60. The number of halogens is 4. The fourth-order valence-electron chi connectivity index (χ4n) is 1.80. The zero-order valence-electron chi connectivity index (χ0n) is 10.5. The summed E-state index contributed by atoms with van der Waals surface area (Å²) in [5.41, 5.74) is 0.844. The molecular weight excluding hydrogens is 309 g/mol. The van der Waals surface area contributed by atoms with Crippen molar-refractivity contribution in [2.75, 3.05) is 0 Å². The van der Waals surface area contributed by atoms with Gasteiger partial charge in [-0.05, 0) is 36.2 Å². The van der Waals surface area contributed by atoms with Gasteiger partial charge in [0.25, 0.3) is 0 Å². The van der Waals surface area contributed by atoms with E-state index in [0.717, 1.165) is 17.7 Å². The summed E-state index contributed by atoms with van der Waals surface area (Å²) in [5.74, 6) is 0. The third kappa shape index (κ3) is 3.53. The van der Waals surface area contributed by atoms with Crippen molar-refractivity contribution in [3.05, 3.63) is 56.2 Å². The summed E-state index contributed by atoms with van der Waals surface area (Å²) in [6.07, 6.45) is -4.84. The highest BCUT2D eigenvalue weighted by atomic mass is 35.5. The standard InChI is InChI=1S/C14H12ClF3OS/c1-8-6-12(20-13(8)15)11(19)7-9-2-4-10(5-3-9)14(16,17)18/h2-6,11,19H,7H2,1H3. The van der Waals surface area contributed by atoms with Crippen LogP contribution >= 0.6 is 22.9 Å². The fraction of sp³-hybridized carbons (Fsp3) is 0.286. The van der Waals surface area contributed by atoms with Gasteiger partial charge in [-0.25, -0.2) is 0 Å². The molecule has 20 heavy (non-hydrogen) atoms. The van der Waals surface area contributed by atoms with E-state index < -0.39 is 17.8 Å². The van der Waals surface area contributed by atoms with Crippen LogP contribution in [0.25, 0.3) is 0 Å². The lowest BCUT2D eigenvalue weighted by Gasteiger charge is -2.10. The molecule has 0 radical (unpaired) electrons. The molecule has 108 valence electrons. The van der Waals surface area contributed by atoms with Gasteiger partial charge < -0.3 is 5.11 Å². The predicted octanol–water partition coefficient (Wildman–Crippen LogP) is 5.00. The Labute approximate surface area is 123 Å². The van der Waals surface area contributed by atoms with Gasteiger partial charge in [-0.2, -0.15) is 13.2 Å². The van der Waals surface area contributed by atoms with Crippen LogP contribution in [0.5, 0.6) is 0 Å². The first kappa shape index (κ1) is 15.4. The zero-order valence-corrected chi connectivity index (χ0v) is 12.1. The average molecular weight is 321 g/mol. The van der Waals surface area contributed by atoms with Crippen LogP contribution in [-0.4, -0.2) is 5.11 Å². The Bertz CT molecular complexity index is 570. The van der Waals surface area contributed by atoms with E-state index in [0.29, 0.717) is 14.8 Å². The minimum Gasteiger partial charge on any atom is -0.387 e. The molecule has 1 unspecified atom stereocenters. The van der Waals surface area contributed by atoms with E-state index in [1.807, 2.05) is 6.92 Å². The molecule has 0 fully saturated rings. The normalized spacial score (nSPS) is 13.5. The number of hydrogen-bond acceptors (Lipinski definition) is 2. The predicted molar refractivity (Wildman–Crippen MR) is 74.2 cm³/mol. The second kappa shape index (κ2) is 5.76. The molecule has 0 aliphatic carbocycles. The van der Waals surface area contributed by atoms with Crippen LogP contribution < -0.4 is 0 Å². The highest BCUT2D eigenvalue weighted by Gasteiger charge is 2.30. The summed E-state index contributed by atoms with van der Waals surface area (Å²) in [5, 5.41) is 10.1. The molecule has 0 saturated heterocycles. The summed E-state index contributed by atoms with van der Waals surface area (Å²) in [6.45, 7) is 1.84. The van der Waals surface area contributed by atoms with Crippen molar-refractivity contribution in [1.82, 2.24) is 0 Å². The van der Waals surface area contributed by atoms with Crippen LogP contribution in [0.2, 0.25) is 4.34 Å². The molecular formula is C14H12ClF3OS. The number of aliphatic hydroxyl groups is 1. The van der Waals surface area contributed by atoms with E-state index in [1.54, 1.807) is 6.07 Å². The van der Waals surface area contributed by atoms with Gasteiger partial charge in [0.15, 0.2) is 0 Å². The maximum absolute atomic E-state index is 12.4. The highest BCUT2D eigenvalue weighted by molar-refractivity contribution is 7.16. The maximum atomic E-state index is 12.4. The minimum atomic E-state index is -4.34. The Morgan fingerprint density at radius 2 is 1.85 bits per heavy atom. The highest BCUT2D eigenvalue weighted by Crippen LogP contribution is 2.33. The maximum Gasteiger partial charge on any atom is 0.416 e. The van der Waals surface area contributed by atoms with E-state index in [9.17, 15) is 18.3 Å². The molecule has 0 bridgehead atoms. The molecule has 0 aliphatic rings. The van der Waals surface area contributed by atoms with Gasteiger partial charge in [-0.3, -0.25) is 0 Å². The second-order valence-electron chi connectivity index (χ2n) is 4.52. The van der Waals surface area contributed by atoms with Gasteiger partial charge in [0.1, 0.15) is 0 Å². The fourth-order valence-corrected chi connectivity index (χ4v) is 3.01. The van der Waals surface area contributed by atoms with Crippen molar-refractivity contribution in [3.8, 4) is 0 Å². The molecule has 2 rings (SSSR count). The van der Waals surface area contributed by atoms with Gasteiger partial charge in [0.05, 0.1) is 16.0 Å². The molecule has 0 amide bonds. The van der Waals surface area contributed by atoms with Crippen LogP contribution in [0, 0.1) is 6.92 Å². The van der Waals surface area contributed by atoms with Crippen LogP contribution in [0.1, 0.15) is 27.7 Å². The average Bonchev–Trinajstić information content (AvgIpc) is 2.69. The molecule has 1 aromatic carbocycles. The summed E-state index contributed by atoms with van der Waals surface area (Å²) >= 11 is 7.21. The Morgan fingerprint density at radius 1 is 1.25 bits per heavy atom. The number of aryl methyl sites for hydroxylation is 1. The number of benzene rings is 1. The second-order valence-corrected chi connectivity index (χ2v) is 6.21. The summed E-state index contributed by atoms with van der Waals surface area (Å²) in [4.78, 5) is 0.715. The minimum absolute atomic E-state index is 0.258. The van der Waals surface area contributed by atoms with Gasteiger partial charge in [-0.15, -0.1) is 11.3 Å². The lowest BCUT2D eigenvalue weighted by molar-refractivity contribution is -0.137. The SMILES string of the molecule is Cc1cc(C(O)Cc2ccc(C(F)(F)F)cc2)sc1Cl. The van der Waals surface area contributed by atoms with Gasteiger partial charge in [0, 0.05) is 11.3 Å². The van der Waals surface area contributed by atoms with Crippen molar-refractivity contribution in [2.24, 2.45) is 0 Å². The Balaban J connectivity index is 2.10. The van der Waals surface area contributed by atoms with E-state index in [-0.39, 0.29) is 6.42 Å². The van der Waals surface area contributed by atoms with Crippen LogP contribution in [0.15, 0.2) is 30.3 Å². The van der Waals surface area contributed by atoms with Crippen molar-refractivity contribution in [3.63, 3.8) is 0 Å². The molecule has 6 heteroatoms. The van der Waals surface area contributed by atoms with E-state index in [4.69, 9.17) is 11.6 Å². The van der Waals surface area contributed by atoms with Crippen LogP contribution in [-0.2, 0) is 12.6 Å². The molecule has 0 spiro atoms. The number of aliphatic hydroxyl groups excluding tert-OH is 1. The Hall–Kier alpha value is -1.04. The summed E-state index contributed by atoms with van der Waals surface area (Å²) < 4.78 is 37.9. The van der Waals surface area contributed by atoms with Crippen molar-refractivity contribution >= 4 is 22.9 Å². The third-order valence-electron chi connectivity index (χ3n) is 2.91. The number of alkyl halides is 3. The van der Waals surface area contributed by atoms with Crippen LogP contribution in [0.3, 0.4) is 0 Å². The first-order valence-electron chi connectivity index (χ1n) is 5.87. The lowest BCUT2D eigenvalue weighted by atomic mass is 10.0. The van der Waals surface area contributed by atoms with Gasteiger partial charge in [0.2, 0.25) is 0 Å². The largest absolute Gasteiger partial charge is 0.416 e. The molecule has 1 atom stereocenters. The van der Waals surface area contributed by atoms with E-state index >= 15 is 0 Å². The van der Waals surface area contributed by atoms with E-state index in [1.165, 1.54) is 23.5 Å². The monoisotopic (exact) mass is 320 g/mol. The first-order valence-corrected chi connectivity index (χ1v) is 7.07. The third-order valence-corrected chi connectivity index (χ3v) is 4.57. The first-order chi connectivity index (χ1) is 9.27. The lowest BCUT2D eigenvalue weighted by Crippen LogP contribution is -2.05. The zero-order chi connectivity index (χ0) is 14.9. The Kier molecular flexibility index (Phi) is 4.42. The van der Waals surface area contributed by atoms with E-state index in [2.05, 4.69) is 0 Å². The molecule has 0 saturated carbocycles. The molecule has 0 aliphatic heterocycles. The smallest absolute Gasteiger partial charge is 0.387 e. The summed E-state index contributed by atoms with van der Waals surface area (Å²) in [7, 11) is 0. The van der Waals surface area contributed by atoms with Gasteiger partial charge in [-0.1, -0.05) is 23.7 Å². The molecule has 1 nitrogen and oxygen atoms in total. The number of hydrogen-bond donors (Lipinski definition) is 1.